The lowest BCUT2D eigenvalue weighted by atomic mass is 10.0. The van der Waals surface area contributed by atoms with Crippen molar-refractivity contribution in [3.05, 3.63) is 47.9 Å². The van der Waals surface area contributed by atoms with E-state index in [2.05, 4.69) is 15.4 Å². The fraction of sp³-hybridized carbons (Fsp3) is 0.480. The molecule has 1 N–H and O–H groups in total. The van der Waals surface area contributed by atoms with Crippen LogP contribution in [0.25, 0.3) is 5.65 Å². The molecule has 1 amide bonds. The van der Waals surface area contributed by atoms with E-state index in [1.807, 2.05) is 24.8 Å². The Labute approximate surface area is 201 Å². The number of aromatic nitrogens is 3. The number of nitrogens with one attached hydrogen (secondary N) is 1. The summed E-state index contributed by atoms with van der Waals surface area (Å²) in [5.74, 6) is 1.29. The van der Waals surface area contributed by atoms with Gasteiger partial charge in [0.05, 0.1) is 18.4 Å². The first-order valence-electron chi connectivity index (χ1n) is 11.9. The standard InChI is InChI=1S/C25H27F2N5O3/c1-25(2)10-15-7-18(30-24(33)17-11-29-32-5-3-4-28-23(17)32)21(9-20(15)35-25)34-13-16-6-14-8-19(14)31(16)12-22(26)27/h3-5,7,9,11,14,16,19,22H,6,8,10,12-13H2,1-2H3,(H,30,33)/t14-,16+,19+/m1/s1. The van der Waals surface area contributed by atoms with E-state index in [0.717, 1.165) is 18.4 Å². The Morgan fingerprint density at radius 2 is 2.20 bits per heavy atom. The van der Waals surface area contributed by atoms with Crippen LogP contribution in [0, 0.1) is 5.92 Å². The third-order valence-corrected chi connectivity index (χ3v) is 7.07. The highest BCUT2D eigenvalue weighted by Crippen LogP contribution is 2.48. The van der Waals surface area contributed by atoms with E-state index in [0.29, 0.717) is 40.7 Å². The number of piperidine rings is 1. The second kappa shape index (κ2) is 8.15. The summed E-state index contributed by atoms with van der Waals surface area (Å²) in [7, 11) is 0. The van der Waals surface area contributed by atoms with Crippen LogP contribution in [0.2, 0.25) is 0 Å². The first kappa shape index (κ1) is 22.2. The second-order valence-corrected chi connectivity index (χ2v) is 10.2. The summed E-state index contributed by atoms with van der Waals surface area (Å²) in [6, 6.07) is 5.57. The second-order valence-electron chi connectivity index (χ2n) is 10.2. The number of carbonyl (C=O) groups excluding carboxylic acids is 1. The van der Waals surface area contributed by atoms with Crippen LogP contribution >= 0.6 is 0 Å². The van der Waals surface area contributed by atoms with Gasteiger partial charge in [-0.25, -0.2) is 18.3 Å². The number of rotatable bonds is 7. The molecule has 0 bridgehead atoms. The highest BCUT2D eigenvalue weighted by Gasteiger charge is 2.52. The van der Waals surface area contributed by atoms with Crippen LogP contribution in [0.4, 0.5) is 14.5 Å². The van der Waals surface area contributed by atoms with Crippen molar-refractivity contribution in [2.75, 3.05) is 18.5 Å². The molecule has 2 aromatic heterocycles. The molecule has 3 aliphatic rings. The predicted octanol–water partition coefficient (Wildman–Crippen LogP) is 3.80. The molecule has 2 fully saturated rings. The number of fused-ring (bicyclic) bond motifs is 3. The van der Waals surface area contributed by atoms with Crippen LogP contribution < -0.4 is 14.8 Å². The van der Waals surface area contributed by atoms with E-state index in [4.69, 9.17) is 9.47 Å². The summed E-state index contributed by atoms with van der Waals surface area (Å²) in [6.07, 6.45) is 4.96. The summed E-state index contributed by atoms with van der Waals surface area (Å²) < 4.78 is 40.1. The van der Waals surface area contributed by atoms with Crippen molar-refractivity contribution in [1.29, 1.82) is 0 Å². The van der Waals surface area contributed by atoms with Crippen LogP contribution in [0.5, 0.6) is 11.5 Å². The van der Waals surface area contributed by atoms with Crippen LogP contribution in [-0.4, -0.2) is 62.7 Å². The number of likely N-dealkylation sites (tertiary alicyclic amines) is 1. The highest BCUT2D eigenvalue weighted by molar-refractivity contribution is 6.08. The zero-order chi connectivity index (χ0) is 24.3. The Hall–Kier alpha value is -3.27. The van der Waals surface area contributed by atoms with Gasteiger partial charge in [-0.05, 0) is 44.7 Å². The Morgan fingerprint density at radius 3 is 3.03 bits per heavy atom. The normalized spacial score (nSPS) is 24.3. The molecule has 6 rings (SSSR count). The maximum absolute atomic E-state index is 13.2. The molecule has 1 aromatic carbocycles. The molecular weight excluding hydrogens is 456 g/mol. The Kier molecular flexibility index (Phi) is 5.17. The molecule has 8 nitrogen and oxygen atoms in total. The lowest BCUT2D eigenvalue weighted by molar-refractivity contribution is 0.0578. The van der Waals surface area contributed by atoms with E-state index >= 15 is 0 Å². The minimum absolute atomic E-state index is 0.0780. The minimum atomic E-state index is -2.37. The lowest BCUT2D eigenvalue weighted by Gasteiger charge is -2.27. The largest absolute Gasteiger partial charge is 0.490 e. The number of hydrogen-bond acceptors (Lipinski definition) is 6. The number of ether oxygens (including phenoxy) is 2. The number of nitrogens with zero attached hydrogens (tertiary/aromatic N) is 4. The molecule has 4 heterocycles. The van der Waals surface area contributed by atoms with Crippen molar-refractivity contribution in [3.63, 3.8) is 0 Å². The lowest BCUT2D eigenvalue weighted by Crippen LogP contribution is -2.40. The number of anilines is 1. The molecule has 0 radical (unpaired) electrons. The van der Waals surface area contributed by atoms with Gasteiger partial charge in [-0.15, -0.1) is 0 Å². The number of hydrogen-bond donors (Lipinski definition) is 1. The molecule has 1 saturated carbocycles. The number of benzene rings is 1. The topological polar surface area (TPSA) is 81.0 Å². The van der Waals surface area contributed by atoms with Gasteiger partial charge in [-0.1, -0.05) is 0 Å². The zero-order valence-electron chi connectivity index (χ0n) is 19.6. The van der Waals surface area contributed by atoms with Crippen LogP contribution in [-0.2, 0) is 6.42 Å². The highest BCUT2D eigenvalue weighted by atomic mass is 19.3. The van der Waals surface area contributed by atoms with Gasteiger partial charge in [0.1, 0.15) is 29.3 Å². The molecule has 0 unspecified atom stereocenters. The summed E-state index contributed by atoms with van der Waals surface area (Å²) in [5, 5.41) is 7.14. The number of halogens is 2. The molecule has 10 heteroatoms. The number of carbonyl (C=O) groups is 1. The molecule has 3 atom stereocenters. The summed E-state index contributed by atoms with van der Waals surface area (Å²) in [5.41, 5.74) is 1.90. The Bertz CT molecular complexity index is 1290. The van der Waals surface area contributed by atoms with Gasteiger partial charge in [0.15, 0.2) is 5.65 Å². The molecule has 1 saturated heterocycles. The van der Waals surface area contributed by atoms with Crippen molar-refractivity contribution in [2.24, 2.45) is 5.92 Å². The molecule has 0 spiro atoms. The van der Waals surface area contributed by atoms with Gasteiger partial charge in [-0.2, -0.15) is 5.10 Å². The molecule has 184 valence electrons. The molecule has 35 heavy (non-hydrogen) atoms. The van der Waals surface area contributed by atoms with Crippen molar-refractivity contribution < 1.29 is 23.0 Å². The fourth-order valence-corrected chi connectivity index (χ4v) is 5.47. The average Bonchev–Trinajstić information content (AvgIpc) is 3.14. The predicted molar refractivity (Wildman–Crippen MR) is 124 cm³/mol. The van der Waals surface area contributed by atoms with Crippen LogP contribution in [0.3, 0.4) is 0 Å². The minimum Gasteiger partial charge on any atom is -0.490 e. The average molecular weight is 484 g/mol. The maximum Gasteiger partial charge on any atom is 0.261 e. The van der Waals surface area contributed by atoms with Gasteiger partial charge < -0.3 is 14.8 Å². The quantitative estimate of drug-likeness (QED) is 0.551. The summed E-state index contributed by atoms with van der Waals surface area (Å²) in [4.78, 5) is 19.3. The smallest absolute Gasteiger partial charge is 0.261 e. The SMILES string of the molecule is CC1(C)Cc2cc(NC(=O)c3cnn4cccnc34)c(OC[C@@H]3C[C@@H]4C[C@@H]4N3CC(F)F)cc2O1. The van der Waals surface area contributed by atoms with Gasteiger partial charge in [0.2, 0.25) is 0 Å². The van der Waals surface area contributed by atoms with E-state index < -0.39 is 6.43 Å². The zero-order valence-corrected chi connectivity index (χ0v) is 19.6. The van der Waals surface area contributed by atoms with Gasteiger partial charge in [-0.3, -0.25) is 9.69 Å². The van der Waals surface area contributed by atoms with Gasteiger partial charge in [0, 0.05) is 42.5 Å². The first-order valence-corrected chi connectivity index (χ1v) is 11.9. The third-order valence-electron chi connectivity index (χ3n) is 7.07. The molecule has 1 aliphatic carbocycles. The van der Waals surface area contributed by atoms with Crippen LogP contribution in [0.15, 0.2) is 36.8 Å². The fourth-order valence-electron chi connectivity index (χ4n) is 5.47. The van der Waals surface area contributed by atoms with Crippen molar-refractivity contribution in [2.45, 2.75) is 57.2 Å². The monoisotopic (exact) mass is 483 g/mol. The first-order chi connectivity index (χ1) is 16.8. The van der Waals surface area contributed by atoms with Gasteiger partial charge in [0.25, 0.3) is 12.3 Å². The maximum atomic E-state index is 13.2. The van der Waals surface area contributed by atoms with Crippen molar-refractivity contribution >= 4 is 17.2 Å². The van der Waals surface area contributed by atoms with E-state index in [1.165, 1.54) is 10.7 Å². The van der Waals surface area contributed by atoms with Crippen LogP contribution in [0.1, 0.15) is 42.6 Å². The summed E-state index contributed by atoms with van der Waals surface area (Å²) in [6.45, 7) is 4.04. The number of amides is 1. The molecule has 2 aliphatic heterocycles. The van der Waals surface area contributed by atoms with E-state index in [9.17, 15) is 13.6 Å². The Morgan fingerprint density at radius 1 is 1.34 bits per heavy atom. The van der Waals surface area contributed by atoms with E-state index in [-0.39, 0.29) is 36.7 Å². The molecule has 3 aromatic rings. The third kappa shape index (κ3) is 4.20. The van der Waals surface area contributed by atoms with Crippen molar-refractivity contribution in [3.8, 4) is 11.5 Å². The molecular formula is C25H27F2N5O3. The Balaban J connectivity index is 1.26. The van der Waals surface area contributed by atoms with E-state index in [1.54, 1.807) is 24.5 Å². The van der Waals surface area contributed by atoms with Crippen molar-refractivity contribution in [1.82, 2.24) is 19.5 Å². The number of alkyl halides is 2. The summed E-state index contributed by atoms with van der Waals surface area (Å²) >= 11 is 0. The van der Waals surface area contributed by atoms with Gasteiger partial charge >= 0.3 is 0 Å².